The Morgan fingerprint density at radius 2 is 1.68 bits per heavy atom. The predicted octanol–water partition coefficient (Wildman–Crippen LogP) is 5.03. The molecule has 1 N–H and O–H groups in total. The molecule has 1 heteroatoms. The van der Waals surface area contributed by atoms with E-state index in [1.807, 2.05) is 0 Å². The van der Waals surface area contributed by atoms with Crippen LogP contribution in [0.3, 0.4) is 0 Å². The van der Waals surface area contributed by atoms with Crippen LogP contribution in [0.4, 0.5) is 0 Å². The van der Waals surface area contributed by atoms with Gasteiger partial charge < -0.3 is 5.11 Å². The highest BCUT2D eigenvalue weighted by Crippen LogP contribution is 2.49. The first-order chi connectivity index (χ1) is 8.97. The average Bonchev–Trinajstić information content (AvgIpc) is 2.38. The Labute approximate surface area is 120 Å². The summed E-state index contributed by atoms with van der Waals surface area (Å²) < 4.78 is 0. The molecule has 0 amide bonds. The largest absolute Gasteiger partial charge is 0.389 e. The highest BCUT2D eigenvalue weighted by molar-refractivity contribution is 4.99. The fourth-order valence-corrected chi connectivity index (χ4v) is 4.98. The Kier molecular flexibility index (Phi) is 4.98. The lowest BCUT2D eigenvalue weighted by atomic mass is 9.58. The van der Waals surface area contributed by atoms with Gasteiger partial charge in [0.25, 0.3) is 0 Å². The summed E-state index contributed by atoms with van der Waals surface area (Å²) >= 11 is 0. The number of hydrogen-bond acceptors (Lipinski definition) is 1. The van der Waals surface area contributed by atoms with Crippen LogP contribution in [0.25, 0.3) is 0 Å². The SMILES string of the molecule is CCC1CCC(C2(O)CC(C)CCC2C(C)C)CC1. The second-order valence-corrected chi connectivity index (χ2v) is 7.85. The van der Waals surface area contributed by atoms with Gasteiger partial charge in [-0.1, -0.05) is 53.4 Å². The predicted molar refractivity (Wildman–Crippen MR) is 82.0 cm³/mol. The van der Waals surface area contributed by atoms with Crippen LogP contribution in [-0.2, 0) is 0 Å². The highest BCUT2D eigenvalue weighted by atomic mass is 16.3. The molecule has 2 aliphatic carbocycles. The maximum atomic E-state index is 11.5. The van der Waals surface area contributed by atoms with Gasteiger partial charge in [0.05, 0.1) is 5.60 Å². The lowest BCUT2D eigenvalue weighted by Gasteiger charge is -2.51. The van der Waals surface area contributed by atoms with Crippen LogP contribution < -0.4 is 0 Å². The average molecular weight is 266 g/mol. The van der Waals surface area contributed by atoms with Crippen molar-refractivity contribution < 1.29 is 5.11 Å². The minimum absolute atomic E-state index is 0.357. The number of hydrogen-bond donors (Lipinski definition) is 1. The van der Waals surface area contributed by atoms with Crippen molar-refractivity contribution in [1.82, 2.24) is 0 Å². The molecule has 112 valence electrons. The lowest BCUT2D eigenvalue weighted by Crippen LogP contribution is -2.51. The smallest absolute Gasteiger partial charge is 0.0708 e. The second kappa shape index (κ2) is 6.16. The quantitative estimate of drug-likeness (QED) is 0.760. The van der Waals surface area contributed by atoms with E-state index in [4.69, 9.17) is 0 Å². The van der Waals surface area contributed by atoms with Gasteiger partial charge in [-0.15, -0.1) is 0 Å². The van der Waals surface area contributed by atoms with E-state index in [0.717, 1.165) is 12.3 Å². The minimum Gasteiger partial charge on any atom is -0.389 e. The van der Waals surface area contributed by atoms with Crippen molar-refractivity contribution in [2.45, 2.75) is 84.7 Å². The van der Waals surface area contributed by atoms with E-state index in [1.54, 1.807) is 0 Å². The van der Waals surface area contributed by atoms with Gasteiger partial charge in [-0.3, -0.25) is 0 Å². The molecule has 0 heterocycles. The van der Waals surface area contributed by atoms with Crippen LogP contribution >= 0.6 is 0 Å². The van der Waals surface area contributed by atoms with Gasteiger partial charge in [-0.25, -0.2) is 0 Å². The van der Waals surface area contributed by atoms with Crippen molar-refractivity contribution in [2.24, 2.45) is 29.6 Å². The van der Waals surface area contributed by atoms with E-state index in [9.17, 15) is 5.11 Å². The lowest BCUT2D eigenvalue weighted by molar-refractivity contribution is -0.132. The Morgan fingerprint density at radius 3 is 2.21 bits per heavy atom. The van der Waals surface area contributed by atoms with E-state index in [2.05, 4.69) is 27.7 Å². The maximum Gasteiger partial charge on any atom is 0.0708 e. The molecule has 0 saturated heterocycles. The van der Waals surface area contributed by atoms with E-state index >= 15 is 0 Å². The fourth-order valence-electron chi connectivity index (χ4n) is 4.98. The normalized spacial score (nSPS) is 44.5. The summed E-state index contributed by atoms with van der Waals surface area (Å²) in [5.41, 5.74) is -0.357. The van der Waals surface area contributed by atoms with Crippen LogP contribution in [0.1, 0.15) is 79.1 Å². The van der Waals surface area contributed by atoms with Crippen molar-refractivity contribution in [2.75, 3.05) is 0 Å². The molecule has 1 nitrogen and oxygen atoms in total. The molecule has 3 atom stereocenters. The van der Waals surface area contributed by atoms with Crippen LogP contribution in [0.5, 0.6) is 0 Å². The first-order valence-electron chi connectivity index (χ1n) is 8.69. The van der Waals surface area contributed by atoms with Crippen molar-refractivity contribution >= 4 is 0 Å². The second-order valence-electron chi connectivity index (χ2n) is 7.85. The molecule has 0 spiro atoms. The monoisotopic (exact) mass is 266 g/mol. The van der Waals surface area contributed by atoms with E-state index in [1.165, 1.54) is 44.9 Å². The molecular formula is C18H34O. The van der Waals surface area contributed by atoms with Crippen LogP contribution in [0.2, 0.25) is 0 Å². The molecule has 2 fully saturated rings. The fraction of sp³-hybridized carbons (Fsp3) is 1.00. The Bertz CT molecular complexity index is 277. The zero-order chi connectivity index (χ0) is 14.0. The Morgan fingerprint density at radius 1 is 1.05 bits per heavy atom. The topological polar surface area (TPSA) is 20.2 Å². The molecule has 0 bridgehead atoms. The van der Waals surface area contributed by atoms with Gasteiger partial charge in [0, 0.05) is 0 Å². The molecule has 2 saturated carbocycles. The molecule has 2 rings (SSSR count). The standard InChI is InChI=1S/C18H34O/c1-5-15-7-9-16(10-8-15)18(19)12-14(4)6-11-17(18)13(2)3/h13-17,19H,5-12H2,1-4H3. The molecule has 0 radical (unpaired) electrons. The summed E-state index contributed by atoms with van der Waals surface area (Å²) in [5.74, 6) is 3.38. The number of rotatable bonds is 3. The zero-order valence-corrected chi connectivity index (χ0v) is 13.5. The summed E-state index contributed by atoms with van der Waals surface area (Å²) in [7, 11) is 0. The molecule has 0 aliphatic heterocycles. The third kappa shape index (κ3) is 3.17. The van der Waals surface area contributed by atoms with Crippen LogP contribution in [-0.4, -0.2) is 10.7 Å². The van der Waals surface area contributed by atoms with E-state index in [0.29, 0.717) is 23.7 Å². The molecule has 3 unspecified atom stereocenters. The zero-order valence-electron chi connectivity index (χ0n) is 13.5. The van der Waals surface area contributed by atoms with Crippen molar-refractivity contribution in [3.05, 3.63) is 0 Å². The van der Waals surface area contributed by atoms with Gasteiger partial charge in [-0.2, -0.15) is 0 Å². The van der Waals surface area contributed by atoms with Crippen molar-refractivity contribution in [3.63, 3.8) is 0 Å². The molecule has 0 aromatic rings. The third-order valence-electron chi connectivity index (χ3n) is 6.22. The number of aliphatic hydroxyl groups is 1. The van der Waals surface area contributed by atoms with E-state index < -0.39 is 0 Å². The molecule has 0 aromatic carbocycles. The highest BCUT2D eigenvalue weighted by Gasteiger charge is 2.48. The van der Waals surface area contributed by atoms with E-state index in [-0.39, 0.29) is 5.60 Å². The molecular weight excluding hydrogens is 232 g/mol. The first-order valence-corrected chi connectivity index (χ1v) is 8.69. The first kappa shape index (κ1) is 15.4. The van der Waals surface area contributed by atoms with Crippen molar-refractivity contribution in [3.8, 4) is 0 Å². The van der Waals surface area contributed by atoms with Crippen LogP contribution in [0.15, 0.2) is 0 Å². The maximum absolute atomic E-state index is 11.5. The summed E-state index contributed by atoms with van der Waals surface area (Å²) in [6.45, 7) is 9.27. The molecule has 2 aliphatic rings. The minimum atomic E-state index is -0.357. The summed E-state index contributed by atoms with van der Waals surface area (Å²) in [6, 6.07) is 0. The van der Waals surface area contributed by atoms with Gasteiger partial charge in [0.2, 0.25) is 0 Å². The summed E-state index contributed by atoms with van der Waals surface area (Å²) in [5, 5.41) is 11.5. The third-order valence-corrected chi connectivity index (χ3v) is 6.22. The summed E-state index contributed by atoms with van der Waals surface area (Å²) in [6.07, 6.45) is 10.2. The Balaban J connectivity index is 2.09. The molecule has 0 aromatic heterocycles. The summed E-state index contributed by atoms with van der Waals surface area (Å²) in [4.78, 5) is 0. The Hall–Kier alpha value is -0.0400. The van der Waals surface area contributed by atoms with Gasteiger partial charge in [0.15, 0.2) is 0 Å². The van der Waals surface area contributed by atoms with Gasteiger partial charge in [0.1, 0.15) is 0 Å². The van der Waals surface area contributed by atoms with Gasteiger partial charge >= 0.3 is 0 Å². The molecule has 19 heavy (non-hydrogen) atoms. The van der Waals surface area contributed by atoms with Gasteiger partial charge in [-0.05, 0) is 55.3 Å². The van der Waals surface area contributed by atoms with Crippen molar-refractivity contribution in [1.29, 1.82) is 0 Å². The van der Waals surface area contributed by atoms with Crippen LogP contribution in [0, 0.1) is 29.6 Å².